The number of alkyl halides is 5. The smallest absolute Gasteiger partial charge is 0.443 e. The molecule has 0 saturated carbocycles. The van der Waals surface area contributed by atoms with Gasteiger partial charge in [0.25, 0.3) is 5.92 Å². The summed E-state index contributed by atoms with van der Waals surface area (Å²) in [7, 11) is 0. The Balaban J connectivity index is 2.38. The first-order chi connectivity index (χ1) is 10.8. The highest BCUT2D eigenvalue weighted by molar-refractivity contribution is 5.90. The number of rotatable bonds is 1. The number of benzene rings is 1. The highest BCUT2D eigenvalue weighted by Gasteiger charge is 2.43. The maximum Gasteiger partial charge on any atom is 0.573 e. The van der Waals surface area contributed by atoms with E-state index in [2.05, 4.69) is 4.74 Å². The zero-order chi connectivity index (χ0) is 18.3. The molecular formula is C15H16F5NO3. The minimum atomic E-state index is -5.00. The molecule has 0 aromatic heterocycles. The second-order valence-corrected chi connectivity index (χ2v) is 6.31. The van der Waals surface area contributed by atoms with Crippen LogP contribution in [0.15, 0.2) is 18.2 Å². The molecule has 1 aromatic rings. The summed E-state index contributed by atoms with van der Waals surface area (Å²) in [4.78, 5) is 13.1. The second kappa shape index (κ2) is 5.78. The molecule has 24 heavy (non-hydrogen) atoms. The molecule has 0 spiro atoms. The predicted octanol–water partition coefficient (Wildman–Crippen LogP) is 4.82. The highest BCUT2D eigenvalue weighted by Crippen LogP contribution is 2.44. The molecule has 9 heteroatoms. The van der Waals surface area contributed by atoms with E-state index in [1.807, 2.05) is 0 Å². The van der Waals surface area contributed by atoms with Crippen LogP contribution in [0.25, 0.3) is 0 Å². The average molecular weight is 353 g/mol. The fourth-order valence-corrected chi connectivity index (χ4v) is 2.25. The molecule has 0 unspecified atom stereocenters. The Morgan fingerprint density at radius 3 is 2.38 bits per heavy atom. The number of amides is 1. The lowest BCUT2D eigenvalue weighted by atomic mass is 9.97. The molecule has 0 bridgehead atoms. The Morgan fingerprint density at radius 1 is 1.21 bits per heavy atom. The third kappa shape index (κ3) is 4.27. The Kier molecular flexibility index (Phi) is 4.41. The average Bonchev–Trinajstić information content (AvgIpc) is 2.35. The Bertz CT molecular complexity index is 637. The highest BCUT2D eigenvalue weighted by atomic mass is 19.4. The van der Waals surface area contributed by atoms with Crippen LogP contribution in [-0.2, 0) is 10.7 Å². The molecule has 2 rings (SSSR count). The number of fused-ring (bicyclic) bond motifs is 1. The zero-order valence-corrected chi connectivity index (χ0v) is 13.2. The third-order valence-corrected chi connectivity index (χ3v) is 3.15. The van der Waals surface area contributed by atoms with Gasteiger partial charge in [0.2, 0.25) is 0 Å². The van der Waals surface area contributed by atoms with E-state index in [1.54, 1.807) is 20.8 Å². The number of halogens is 5. The van der Waals surface area contributed by atoms with E-state index >= 15 is 0 Å². The van der Waals surface area contributed by atoms with Crippen molar-refractivity contribution in [3.8, 4) is 5.75 Å². The summed E-state index contributed by atoms with van der Waals surface area (Å²) in [6.07, 6.45) is -6.57. The van der Waals surface area contributed by atoms with Crippen molar-refractivity contribution in [1.82, 2.24) is 0 Å². The van der Waals surface area contributed by atoms with E-state index in [4.69, 9.17) is 4.74 Å². The van der Waals surface area contributed by atoms with Crippen molar-refractivity contribution in [2.45, 2.75) is 45.1 Å². The van der Waals surface area contributed by atoms with Gasteiger partial charge < -0.3 is 9.47 Å². The molecule has 0 fully saturated rings. The summed E-state index contributed by atoms with van der Waals surface area (Å²) in [6.45, 7) is 4.54. The lowest BCUT2D eigenvalue weighted by Crippen LogP contribution is -2.43. The molecule has 1 amide bonds. The predicted molar refractivity (Wildman–Crippen MR) is 75.2 cm³/mol. The number of carbonyl (C=O) groups excluding carboxylic acids is 1. The van der Waals surface area contributed by atoms with Crippen LogP contribution in [-0.4, -0.2) is 24.6 Å². The van der Waals surface area contributed by atoms with E-state index in [9.17, 15) is 26.7 Å². The normalized spacial score (nSPS) is 17.2. The van der Waals surface area contributed by atoms with Crippen LogP contribution in [0.3, 0.4) is 0 Å². The summed E-state index contributed by atoms with van der Waals surface area (Å²) in [6, 6.07) is 2.47. The molecule has 1 heterocycles. The second-order valence-electron chi connectivity index (χ2n) is 6.31. The molecular weight excluding hydrogens is 337 g/mol. The van der Waals surface area contributed by atoms with Gasteiger partial charge in [0.15, 0.2) is 0 Å². The number of ether oxygens (including phenoxy) is 2. The van der Waals surface area contributed by atoms with Crippen LogP contribution in [0.4, 0.5) is 32.4 Å². The van der Waals surface area contributed by atoms with Gasteiger partial charge in [-0.2, -0.15) is 0 Å². The van der Waals surface area contributed by atoms with Crippen molar-refractivity contribution in [3.63, 3.8) is 0 Å². The third-order valence-electron chi connectivity index (χ3n) is 3.15. The first-order valence-electron chi connectivity index (χ1n) is 7.07. The summed E-state index contributed by atoms with van der Waals surface area (Å²) in [5, 5.41) is 0. The van der Waals surface area contributed by atoms with Crippen LogP contribution >= 0.6 is 0 Å². The van der Waals surface area contributed by atoms with Crippen molar-refractivity contribution in [3.05, 3.63) is 23.8 Å². The van der Waals surface area contributed by atoms with Crippen LogP contribution < -0.4 is 9.64 Å². The maximum absolute atomic E-state index is 14.1. The number of anilines is 1. The maximum atomic E-state index is 14.1. The number of nitrogens with zero attached hydrogens (tertiary/aromatic N) is 1. The Hall–Kier alpha value is -2.06. The van der Waals surface area contributed by atoms with Gasteiger partial charge in [-0.15, -0.1) is 13.2 Å². The topological polar surface area (TPSA) is 38.8 Å². The molecule has 134 valence electrons. The minimum absolute atomic E-state index is 0.199. The fourth-order valence-electron chi connectivity index (χ4n) is 2.25. The minimum Gasteiger partial charge on any atom is -0.443 e. The number of hydrogen-bond acceptors (Lipinski definition) is 3. The van der Waals surface area contributed by atoms with Gasteiger partial charge in [-0.05, 0) is 39.0 Å². The molecule has 0 N–H and O–H groups in total. The van der Waals surface area contributed by atoms with Gasteiger partial charge in [0.05, 0.1) is 5.69 Å². The largest absolute Gasteiger partial charge is 0.573 e. The quantitative estimate of drug-likeness (QED) is 0.680. The van der Waals surface area contributed by atoms with Gasteiger partial charge in [-0.3, -0.25) is 4.90 Å². The van der Waals surface area contributed by atoms with Gasteiger partial charge in [-0.1, -0.05) is 0 Å². The summed E-state index contributed by atoms with van der Waals surface area (Å²) in [5.41, 5.74) is -1.74. The first kappa shape index (κ1) is 18.3. The van der Waals surface area contributed by atoms with Crippen molar-refractivity contribution in [2.75, 3.05) is 11.4 Å². The fraction of sp³-hybridized carbons (Fsp3) is 0.533. The zero-order valence-electron chi connectivity index (χ0n) is 13.2. The van der Waals surface area contributed by atoms with Crippen LogP contribution in [0.1, 0.15) is 32.8 Å². The summed E-state index contributed by atoms with van der Waals surface area (Å²) < 4.78 is 73.7. The molecule has 0 saturated heterocycles. The number of carbonyl (C=O) groups is 1. The van der Waals surface area contributed by atoms with E-state index in [0.29, 0.717) is 6.07 Å². The van der Waals surface area contributed by atoms with Crippen LogP contribution in [0.5, 0.6) is 5.75 Å². The lowest BCUT2D eigenvalue weighted by Gasteiger charge is -2.35. The Morgan fingerprint density at radius 2 is 1.83 bits per heavy atom. The Labute approximate surface area is 135 Å². The van der Waals surface area contributed by atoms with Gasteiger partial charge in [-0.25, -0.2) is 13.6 Å². The van der Waals surface area contributed by atoms with Crippen LogP contribution in [0.2, 0.25) is 0 Å². The monoisotopic (exact) mass is 353 g/mol. The van der Waals surface area contributed by atoms with Crippen molar-refractivity contribution >= 4 is 11.8 Å². The van der Waals surface area contributed by atoms with Crippen molar-refractivity contribution < 1.29 is 36.2 Å². The molecule has 4 nitrogen and oxygen atoms in total. The molecule has 0 atom stereocenters. The van der Waals surface area contributed by atoms with Gasteiger partial charge >= 0.3 is 12.5 Å². The van der Waals surface area contributed by atoms with E-state index < -0.39 is 41.7 Å². The lowest BCUT2D eigenvalue weighted by molar-refractivity contribution is -0.274. The molecule has 1 aliphatic rings. The number of hydrogen-bond donors (Lipinski definition) is 0. The molecule has 1 aromatic carbocycles. The summed E-state index contributed by atoms with van der Waals surface area (Å²) >= 11 is 0. The van der Waals surface area contributed by atoms with Gasteiger partial charge in [0.1, 0.15) is 11.4 Å². The molecule has 0 aliphatic carbocycles. The van der Waals surface area contributed by atoms with Crippen molar-refractivity contribution in [2.24, 2.45) is 0 Å². The van der Waals surface area contributed by atoms with E-state index in [-0.39, 0.29) is 12.2 Å². The first-order valence-corrected chi connectivity index (χ1v) is 7.07. The molecule has 0 radical (unpaired) electrons. The van der Waals surface area contributed by atoms with E-state index in [0.717, 1.165) is 17.0 Å². The standard InChI is InChI=1S/C15H16F5NO3/c1-13(2,3)24-12(22)21-7-6-14(16,17)10-8-9(4-5-11(10)21)23-15(18,19)20/h4-5,8H,6-7H2,1-3H3. The van der Waals surface area contributed by atoms with Crippen molar-refractivity contribution in [1.29, 1.82) is 0 Å². The summed E-state index contributed by atoms with van der Waals surface area (Å²) in [5.74, 6) is -4.15. The molecule has 1 aliphatic heterocycles. The van der Waals surface area contributed by atoms with Gasteiger partial charge in [0, 0.05) is 18.5 Å². The van der Waals surface area contributed by atoms with E-state index in [1.165, 1.54) is 0 Å². The SMILES string of the molecule is CC(C)(C)OC(=O)N1CCC(F)(F)c2cc(OC(F)(F)F)ccc21. The van der Waals surface area contributed by atoms with Crippen LogP contribution in [0, 0.1) is 0 Å².